The molecular formula is C42H80N4O4. The lowest BCUT2D eigenvalue weighted by molar-refractivity contribution is -0.231. The first kappa shape index (κ1) is 40.9. The predicted molar refractivity (Wildman–Crippen MR) is 206 cm³/mol. The van der Waals surface area contributed by atoms with Crippen LogP contribution in [0.2, 0.25) is 0 Å². The molecular weight excluding hydrogens is 624 g/mol. The van der Waals surface area contributed by atoms with Crippen LogP contribution in [0.4, 0.5) is 0 Å². The van der Waals surface area contributed by atoms with Gasteiger partial charge in [-0.15, -0.1) is 0 Å². The quantitative estimate of drug-likeness (QED) is 0.206. The molecule has 5 rings (SSSR count). The second-order valence-corrected chi connectivity index (χ2v) is 22.9. The van der Waals surface area contributed by atoms with E-state index in [1.54, 1.807) is 0 Å². The molecule has 1 saturated carbocycles. The largest absolute Gasteiger partial charge is 0.372 e. The molecule has 5 fully saturated rings. The van der Waals surface area contributed by atoms with Crippen LogP contribution in [0.25, 0.3) is 0 Å². The summed E-state index contributed by atoms with van der Waals surface area (Å²) >= 11 is 0. The van der Waals surface area contributed by atoms with Crippen molar-refractivity contribution in [3.63, 3.8) is 0 Å². The number of piperidine rings is 4. The first-order valence-corrected chi connectivity index (χ1v) is 20.3. The summed E-state index contributed by atoms with van der Waals surface area (Å²) in [4.78, 5) is 0. The highest BCUT2D eigenvalue weighted by Gasteiger charge is 2.50. The second kappa shape index (κ2) is 13.8. The van der Waals surface area contributed by atoms with E-state index in [4.69, 9.17) is 18.9 Å². The molecule has 4 N–H and O–H groups in total. The standard InChI is InChI=1S/C42H80N4O4/c1-35(2)19-27(20-36(3,4)43-35)47-31-17-33(49-29-23-39(9,10)45-40(11,12)24-29)34(50-30-25-41(13,14)46-42(15,16)26-30)18-32(31)48-28-21-37(5,6)44-38(7,8)22-28/h27-34,43-46H,17-26H2,1-16H3. The van der Waals surface area contributed by atoms with Crippen molar-refractivity contribution in [3.05, 3.63) is 0 Å². The summed E-state index contributed by atoms with van der Waals surface area (Å²) in [6.07, 6.45) is 9.81. The molecule has 292 valence electrons. The van der Waals surface area contributed by atoms with Crippen LogP contribution in [0.5, 0.6) is 0 Å². The van der Waals surface area contributed by atoms with Gasteiger partial charge in [-0.05, 0) is 162 Å². The molecule has 4 heterocycles. The summed E-state index contributed by atoms with van der Waals surface area (Å²) < 4.78 is 29.3. The zero-order valence-corrected chi connectivity index (χ0v) is 35.3. The maximum atomic E-state index is 7.33. The van der Waals surface area contributed by atoms with Gasteiger partial charge < -0.3 is 40.2 Å². The molecule has 8 nitrogen and oxygen atoms in total. The van der Waals surface area contributed by atoms with E-state index in [9.17, 15) is 0 Å². The highest BCUT2D eigenvalue weighted by Crippen LogP contribution is 2.42. The molecule has 4 unspecified atom stereocenters. The maximum absolute atomic E-state index is 7.33. The molecule has 0 bridgehead atoms. The van der Waals surface area contributed by atoms with Gasteiger partial charge in [-0.1, -0.05) is 0 Å². The van der Waals surface area contributed by atoms with Crippen molar-refractivity contribution in [2.24, 2.45) is 0 Å². The van der Waals surface area contributed by atoms with Crippen LogP contribution in [0.15, 0.2) is 0 Å². The van der Waals surface area contributed by atoms with Crippen LogP contribution >= 0.6 is 0 Å². The molecule has 50 heavy (non-hydrogen) atoms. The first-order valence-electron chi connectivity index (χ1n) is 20.3. The fraction of sp³-hybridized carbons (Fsp3) is 1.00. The Hall–Kier alpha value is -0.320. The lowest BCUT2D eigenvalue weighted by atomic mass is 9.79. The Morgan fingerprint density at radius 1 is 0.280 bits per heavy atom. The Morgan fingerprint density at radius 3 is 0.560 bits per heavy atom. The molecule has 4 saturated heterocycles. The zero-order chi connectivity index (χ0) is 37.3. The van der Waals surface area contributed by atoms with Crippen molar-refractivity contribution in [1.29, 1.82) is 0 Å². The van der Waals surface area contributed by atoms with Crippen molar-refractivity contribution in [2.45, 2.75) is 268 Å². The van der Waals surface area contributed by atoms with E-state index in [0.29, 0.717) is 0 Å². The van der Waals surface area contributed by atoms with Gasteiger partial charge >= 0.3 is 0 Å². The molecule has 4 aliphatic heterocycles. The lowest BCUT2D eigenvalue weighted by Crippen LogP contribution is -2.63. The monoisotopic (exact) mass is 705 g/mol. The number of ether oxygens (including phenoxy) is 4. The fourth-order valence-electron chi connectivity index (χ4n) is 11.9. The molecule has 0 aromatic rings. The van der Waals surface area contributed by atoms with Gasteiger partial charge in [-0.3, -0.25) is 0 Å². The van der Waals surface area contributed by atoms with Gasteiger partial charge in [0.2, 0.25) is 0 Å². The average Bonchev–Trinajstić information content (AvgIpc) is 2.78. The van der Waals surface area contributed by atoms with Crippen LogP contribution in [-0.4, -0.2) is 93.1 Å². The van der Waals surface area contributed by atoms with Crippen molar-refractivity contribution in [3.8, 4) is 0 Å². The summed E-state index contributed by atoms with van der Waals surface area (Å²) in [6, 6.07) is 0. The van der Waals surface area contributed by atoms with E-state index in [-0.39, 0.29) is 93.1 Å². The predicted octanol–water partition coefficient (Wildman–Crippen LogP) is 7.56. The summed E-state index contributed by atoms with van der Waals surface area (Å²) in [5, 5.41) is 15.5. The third-order valence-corrected chi connectivity index (χ3v) is 11.8. The third kappa shape index (κ3) is 11.3. The Bertz CT molecular complexity index is 934. The number of hydrogen-bond acceptors (Lipinski definition) is 8. The van der Waals surface area contributed by atoms with Gasteiger partial charge in [0.1, 0.15) is 0 Å². The Labute approximate surface area is 307 Å². The Morgan fingerprint density at radius 2 is 0.420 bits per heavy atom. The molecule has 0 radical (unpaired) electrons. The average molecular weight is 705 g/mol. The molecule has 8 heteroatoms. The summed E-state index contributed by atoms with van der Waals surface area (Å²) in [6.45, 7) is 37.1. The minimum Gasteiger partial charge on any atom is -0.372 e. The molecule has 4 atom stereocenters. The molecule has 0 aromatic heterocycles. The maximum Gasteiger partial charge on any atom is 0.0867 e. The van der Waals surface area contributed by atoms with Gasteiger partial charge in [0.05, 0.1) is 48.8 Å². The summed E-state index contributed by atoms with van der Waals surface area (Å²) in [5.74, 6) is 0. The molecule has 0 spiro atoms. The lowest BCUT2D eigenvalue weighted by Gasteiger charge is -2.52. The summed E-state index contributed by atoms with van der Waals surface area (Å²) in [5.41, 5.74) is 0.0235. The van der Waals surface area contributed by atoms with Gasteiger partial charge in [0.15, 0.2) is 0 Å². The van der Waals surface area contributed by atoms with E-state index in [1.807, 2.05) is 0 Å². The zero-order valence-electron chi connectivity index (χ0n) is 35.3. The Kier molecular flexibility index (Phi) is 11.2. The van der Waals surface area contributed by atoms with Gasteiger partial charge in [0.25, 0.3) is 0 Å². The number of rotatable bonds is 8. The van der Waals surface area contributed by atoms with Crippen LogP contribution in [0.1, 0.15) is 175 Å². The smallest absolute Gasteiger partial charge is 0.0867 e. The first-order chi connectivity index (χ1) is 22.5. The van der Waals surface area contributed by atoms with Crippen LogP contribution < -0.4 is 21.3 Å². The minimum atomic E-state index is -0.0562. The van der Waals surface area contributed by atoms with Gasteiger partial charge in [0, 0.05) is 57.2 Å². The van der Waals surface area contributed by atoms with Crippen molar-refractivity contribution < 1.29 is 18.9 Å². The number of hydrogen-bond donors (Lipinski definition) is 4. The molecule has 5 aliphatic rings. The molecule has 0 aromatic carbocycles. The van der Waals surface area contributed by atoms with E-state index in [1.165, 1.54) is 0 Å². The van der Waals surface area contributed by atoms with Gasteiger partial charge in [-0.2, -0.15) is 0 Å². The third-order valence-electron chi connectivity index (χ3n) is 11.8. The highest BCUT2D eigenvalue weighted by atomic mass is 16.6. The van der Waals surface area contributed by atoms with Crippen LogP contribution in [0.3, 0.4) is 0 Å². The van der Waals surface area contributed by atoms with Crippen LogP contribution in [-0.2, 0) is 18.9 Å². The van der Waals surface area contributed by atoms with Crippen molar-refractivity contribution in [2.75, 3.05) is 0 Å². The second-order valence-electron chi connectivity index (χ2n) is 22.9. The minimum absolute atomic E-state index is 0.00294. The SMILES string of the molecule is CC1(C)CC(OC2CC(OC3CC(C)(C)NC(C)(C)C3)C(OC3CC(C)(C)NC(C)(C)C3)CC2OC2CC(C)(C)NC(C)(C)C2)CC(C)(C)N1. The van der Waals surface area contributed by atoms with E-state index < -0.39 is 0 Å². The molecule has 1 aliphatic carbocycles. The Balaban J connectivity index is 1.46. The normalized spacial score (nSPS) is 37.0. The van der Waals surface area contributed by atoms with Crippen LogP contribution in [0, 0.1) is 0 Å². The van der Waals surface area contributed by atoms with E-state index >= 15 is 0 Å². The summed E-state index contributed by atoms with van der Waals surface area (Å²) in [7, 11) is 0. The molecule has 0 amide bonds. The van der Waals surface area contributed by atoms with Crippen molar-refractivity contribution >= 4 is 0 Å². The van der Waals surface area contributed by atoms with Crippen molar-refractivity contribution in [1.82, 2.24) is 21.3 Å². The van der Waals surface area contributed by atoms with E-state index in [2.05, 4.69) is 132 Å². The van der Waals surface area contributed by atoms with E-state index in [0.717, 1.165) is 64.2 Å². The fourth-order valence-corrected chi connectivity index (χ4v) is 11.9. The van der Waals surface area contributed by atoms with Gasteiger partial charge in [-0.25, -0.2) is 0 Å². The number of nitrogens with one attached hydrogen (secondary N) is 4. The highest BCUT2D eigenvalue weighted by molar-refractivity contribution is 5.04. The topological polar surface area (TPSA) is 85.0 Å².